The Morgan fingerprint density at radius 2 is 1.76 bits per heavy atom. The number of esters is 1. The molecule has 2 aromatic carbocycles. The van der Waals surface area contributed by atoms with Gasteiger partial charge in [0.25, 0.3) is 0 Å². The molecular weight excluding hydrogens is 334 g/mol. The van der Waals surface area contributed by atoms with Crippen LogP contribution < -0.4 is 0 Å². The van der Waals surface area contributed by atoms with Gasteiger partial charge in [-0.05, 0) is 31.0 Å². The summed E-state index contributed by atoms with van der Waals surface area (Å²) < 4.78 is 18.0. The fourth-order valence-corrected chi connectivity index (χ4v) is 4.06. The molecule has 2 atom stereocenters. The Morgan fingerprint density at radius 3 is 2.28 bits per heavy atom. The molecule has 0 unspecified atom stereocenters. The second-order valence-electron chi connectivity index (χ2n) is 6.14. The molecular formula is C20H21NO3S. The van der Waals surface area contributed by atoms with E-state index in [1.54, 1.807) is 50.2 Å². The molecule has 2 aromatic rings. The van der Waals surface area contributed by atoms with Crippen LogP contribution in [0.5, 0.6) is 0 Å². The molecule has 0 saturated heterocycles. The van der Waals surface area contributed by atoms with E-state index in [2.05, 4.69) is 6.07 Å². The Kier molecular flexibility index (Phi) is 5.76. The van der Waals surface area contributed by atoms with E-state index in [0.717, 1.165) is 5.56 Å². The van der Waals surface area contributed by atoms with Gasteiger partial charge in [-0.3, -0.25) is 0 Å². The summed E-state index contributed by atoms with van der Waals surface area (Å²) in [6, 6.07) is 16.4. The number of benzene rings is 2. The van der Waals surface area contributed by atoms with Crippen molar-refractivity contribution in [2.75, 3.05) is 7.11 Å². The van der Waals surface area contributed by atoms with E-state index in [0.29, 0.717) is 15.4 Å². The molecule has 0 aromatic heterocycles. The lowest BCUT2D eigenvalue weighted by atomic mass is 9.73. The molecule has 0 aliphatic rings. The van der Waals surface area contributed by atoms with Gasteiger partial charge < -0.3 is 4.74 Å². The van der Waals surface area contributed by atoms with Crippen LogP contribution in [0.1, 0.15) is 25.0 Å². The Balaban J connectivity index is 2.68. The molecule has 0 aliphatic heterocycles. The van der Waals surface area contributed by atoms with E-state index >= 15 is 0 Å². The number of hydrogen-bond donors (Lipinski definition) is 0. The normalized spacial score (nSPS) is 14.4. The molecule has 0 spiro atoms. The lowest BCUT2D eigenvalue weighted by molar-refractivity contribution is -0.146. The van der Waals surface area contributed by atoms with Crippen LogP contribution in [0, 0.1) is 24.2 Å². The standard InChI is InChI=1S/C20H21NO3S/c1-14(2)20(13-21,19(22)24-4)17-7-5-6-8-18(17)25(23)16-11-9-15(3)10-12-16/h5-12,14H,1-4H3/t20-,25+/m1/s1. The van der Waals surface area contributed by atoms with Gasteiger partial charge in [-0.25, -0.2) is 9.00 Å². The number of carbonyl (C=O) groups excluding carboxylic acids is 1. The summed E-state index contributed by atoms with van der Waals surface area (Å²) in [7, 11) is -0.248. The molecule has 4 nitrogen and oxygen atoms in total. The van der Waals surface area contributed by atoms with Crippen molar-refractivity contribution in [1.29, 1.82) is 5.26 Å². The number of aryl methyl sites for hydroxylation is 1. The van der Waals surface area contributed by atoms with Gasteiger partial charge in [0, 0.05) is 15.4 Å². The number of methoxy groups -OCH3 is 1. The lowest BCUT2D eigenvalue weighted by Gasteiger charge is -2.29. The lowest BCUT2D eigenvalue weighted by Crippen LogP contribution is -2.41. The van der Waals surface area contributed by atoms with Gasteiger partial charge in [0.2, 0.25) is 0 Å². The van der Waals surface area contributed by atoms with E-state index in [9.17, 15) is 14.3 Å². The SMILES string of the molecule is COC(=O)[C@@](C#N)(c1ccccc1[S@@](=O)c1ccc(C)cc1)C(C)C. The van der Waals surface area contributed by atoms with Gasteiger partial charge in [0.1, 0.15) is 0 Å². The van der Waals surface area contributed by atoms with E-state index in [-0.39, 0.29) is 5.92 Å². The molecule has 5 heteroatoms. The summed E-state index contributed by atoms with van der Waals surface area (Å²) in [6.45, 7) is 5.52. The predicted octanol–water partition coefficient (Wildman–Crippen LogP) is 3.75. The average molecular weight is 355 g/mol. The van der Waals surface area contributed by atoms with Crippen molar-refractivity contribution in [3.05, 3.63) is 59.7 Å². The van der Waals surface area contributed by atoms with E-state index < -0.39 is 22.2 Å². The molecule has 0 bridgehead atoms. The third-order valence-electron chi connectivity index (χ3n) is 4.30. The second-order valence-corrected chi connectivity index (χ2v) is 7.59. The summed E-state index contributed by atoms with van der Waals surface area (Å²) in [5.41, 5.74) is -0.0125. The van der Waals surface area contributed by atoms with Gasteiger partial charge in [-0.2, -0.15) is 5.26 Å². The highest BCUT2D eigenvalue weighted by atomic mass is 32.2. The minimum atomic E-state index is -1.51. The molecule has 0 heterocycles. The molecule has 2 rings (SSSR count). The molecule has 0 saturated carbocycles. The molecule has 25 heavy (non-hydrogen) atoms. The molecule has 0 amide bonds. The molecule has 130 valence electrons. The first-order chi connectivity index (χ1) is 11.9. The van der Waals surface area contributed by atoms with Gasteiger partial charge >= 0.3 is 5.97 Å². The summed E-state index contributed by atoms with van der Waals surface area (Å²) in [5.74, 6) is -0.987. The van der Waals surface area contributed by atoms with Crippen molar-refractivity contribution in [1.82, 2.24) is 0 Å². The number of hydrogen-bond acceptors (Lipinski definition) is 4. The molecule has 0 N–H and O–H groups in total. The van der Waals surface area contributed by atoms with Crippen molar-refractivity contribution < 1.29 is 13.7 Å². The molecule has 0 aliphatic carbocycles. The quantitative estimate of drug-likeness (QED) is 0.766. The summed E-state index contributed by atoms with van der Waals surface area (Å²) in [6.07, 6.45) is 0. The highest BCUT2D eigenvalue weighted by Gasteiger charge is 2.47. The van der Waals surface area contributed by atoms with E-state index in [1.807, 2.05) is 19.1 Å². The van der Waals surface area contributed by atoms with Crippen LogP contribution in [-0.2, 0) is 25.7 Å². The van der Waals surface area contributed by atoms with Crippen LogP contribution in [0.3, 0.4) is 0 Å². The maximum absolute atomic E-state index is 13.1. The van der Waals surface area contributed by atoms with Gasteiger partial charge in [-0.1, -0.05) is 49.7 Å². The van der Waals surface area contributed by atoms with Gasteiger partial charge in [-0.15, -0.1) is 0 Å². The van der Waals surface area contributed by atoms with Crippen LogP contribution in [-0.4, -0.2) is 17.3 Å². The van der Waals surface area contributed by atoms with Crippen LogP contribution in [0.4, 0.5) is 0 Å². The molecule has 0 radical (unpaired) electrons. The van der Waals surface area contributed by atoms with Crippen molar-refractivity contribution in [2.24, 2.45) is 5.92 Å². The third-order valence-corrected chi connectivity index (χ3v) is 5.75. The number of ether oxygens (including phenoxy) is 1. The monoisotopic (exact) mass is 355 g/mol. The average Bonchev–Trinajstić information content (AvgIpc) is 2.62. The van der Waals surface area contributed by atoms with Crippen molar-refractivity contribution in [2.45, 2.75) is 36.0 Å². The fourth-order valence-electron chi connectivity index (χ4n) is 2.80. The van der Waals surface area contributed by atoms with Crippen LogP contribution >= 0.6 is 0 Å². The smallest absolute Gasteiger partial charge is 0.331 e. The Bertz CT molecular complexity index is 837. The number of nitriles is 1. The summed E-state index contributed by atoms with van der Waals surface area (Å²) >= 11 is 0. The van der Waals surface area contributed by atoms with Crippen molar-refractivity contribution in [3.8, 4) is 6.07 Å². The van der Waals surface area contributed by atoms with Crippen molar-refractivity contribution in [3.63, 3.8) is 0 Å². The largest absolute Gasteiger partial charge is 0.468 e. The first-order valence-electron chi connectivity index (χ1n) is 7.96. The highest BCUT2D eigenvalue weighted by molar-refractivity contribution is 7.85. The maximum atomic E-state index is 13.1. The first-order valence-corrected chi connectivity index (χ1v) is 9.11. The minimum Gasteiger partial charge on any atom is -0.468 e. The van der Waals surface area contributed by atoms with Gasteiger partial charge in [0.15, 0.2) is 5.41 Å². The van der Waals surface area contributed by atoms with Crippen LogP contribution in [0.2, 0.25) is 0 Å². The Labute approximate surface area is 150 Å². The topological polar surface area (TPSA) is 67.2 Å². The van der Waals surface area contributed by atoms with E-state index in [4.69, 9.17) is 4.74 Å². The van der Waals surface area contributed by atoms with Crippen molar-refractivity contribution >= 4 is 16.8 Å². The van der Waals surface area contributed by atoms with Gasteiger partial charge in [0.05, 0.1) is 24.0 Å². The highest BCUT2D eigenvalue weighted by Crippen LogP contribution is 2.37. The zero-order valence-corrected chi connectivity index (χ0v) is 15.6. The first kappa shape index (κ1) is 18.9. The third kappa shape index (κ3) is 3.35. The fraction of sp³-hybridized carbons (Fsp3) is 0.300. The molecule has 0 fully saturated rings. The predicted molar refractivity (Wildman–Crippen MR) is 96.4 cm³/mol. The Hall–Kier alpha value is -2.45. The maximum Gasteiger partial charge on any atom is 0.331 e. The summed E-state index contributed by atoms with van der Waals surface area (Å²) in [4.78, 5) is 13.6. The minimum absolute atomic E-state index is 0.346. The summed E-state index contributed by atoms with van der Waals surface area (Å²) in [5, 5.41) is 9.87. The number of carbonyl (C=O) groups is 1. The second kappa shape index (κ2) is 7.62. The number of rotatable bonds is 5. The number of nitrogens with zero attached hydrogens (tertiary/aromatic N) is 1. The van der Waals surface area contributed by atoms with Crippen LogP contribution in [0.25, 0.3) is 0 Å². The van der Waals surface area contributed by atoms with E-state index in [1.165, 1.54) is 7.11 Å². The Morgan fingerprint density at radius 1 is 1.16 bits per heavy atom. The zero-order chi connectivity index (χ0) is 18.6. The van der Waals surface area contributed by atoms with Crippen LogP contribution in [0.15, 0.2) is 58.3 Å². The zero-order valence-electron chi connectivity index (χ0n) is 14.8.